The van der Waals surface area contributed by atoms with Gasteiger partial charge in [0, 0.05) is 48.1 Å². The lowest BCUT2D eigenvalue weighted by Gasteiger charge is -2.49. The van der Waals surface area contributed by atoms with Crippen molar-refractivity contribution in [3.8, 4) is 11.3 Å². The third-order valence-corrected chi connectivity index (χ3v) is 8.16. The molecule has 1 aromatic heterocycles. The van der Waals surface area contributed by atoms with E-state index in [4.69, 9.17) is 9.84 Å². The molecule has 1 N–H and O–H groups in total. The summed E-state index contributed by atoms with van der Waals surface area (Å²) in [6.45, 7) is 3.86. The molecule has 194 valence electrons. The van der Waals surface area contributed by atoms with E-state index < -0.39 is 6.09 Å². The molecule has 1 amide bonds. The first kappa shape index (κ1) is 24.4. The average molecular weight is 509 g/mol. The van der Waals surface area contributed by atoms with Crippen LogP contribution in [-0.4, -0.2) is 52.3 Å². The lowest BCUT2D eigenvalue weighted by Crippen LogP contribution is -2.54. The Labute approximate surface area is 222 Å². The number of carbonyl (C=O) groups excluding carboxylic acids is 2. The molecule has 0 saturated carbocycles. The standard InChI is InChI=1S/C31H32N4O3/c1-20(36)21-9-11-26(12-10-21)32-31(37)38-19-27-16-24-13-14-35(27)18-28(24)30-17-29(33-34(30)2)25-8-7-22-5-3-4-6-23(22)15-25/h3-12,15,17,24,27-28H,13-14,16,18-19H2,1-2H3,(H,32,37)/t24-,27+,28-/m0/s1. The zero-order valence-electron chi connectivity index (χ0n) is 21.8. The summed E-state index contributed by atoms with van der Waals surface area (Å²) in [6.07, 6.45) is 1.68. The Morgan fingerprint density at radius 2 is 1.82 bits per heavy atom. The SMILES string of the molecule is CC(=O)c1ccc(NC(=O)OC[C@H]2C[C@@H]3CCN2C[C@@H]3c2cc(-c3ccc4ccccc4c3)nn2C)cc1. The number of carbonyl (C=O) groups is 2. The highest BCUT2D eigenvalue weighted by atomic mass is 16.5. The summed E-state index contributed by atoms with van der Waals surface area (Å²) in [4.78, 5) is 26.3. The molecule has 3 fully saturated rings. The van der Waals surface area contributed by atoms with Crippen LogP contribution in [0.4, 0.5) is 10.5 Å². The Hall–Kier alpha value is -3.97. The van der Waals surface area contributed by atoms with Crippen LogP contribution in [0.25, 0.3) is 22.0 Å². The van der Waals surface area contributed by atoms with Crippen molar-refractivity contribution in [2.45, 2.75) is 31.7 Å². The highest BCUT2D eigenvalue weighted by Gasteiger charge is 2.42. The molecule has 0 aliphatic carbocycles. The largest absolute Gasteiger partial charge is 0.448 e. The molecule has 38 heavy (non-hydrogen) atoms. The normalized spacial score (nSPS) is 22.4. The van der Waals surface area contributed by atoms with Gasteiger partial charge in [-0.1, -0.05) is 36.4 Å². The second kappa shape index (κ2) is 10.1. The fourth-order valence-electron chi connectivity index (χ4n) is 6.08. The third-order valence-electron chi connectivity index (χ3n) is 8.16. The van der Waals surface area contributed by atoms with E-state index in [1.165, 1.54) is 23.4 Å². The van der Waals surface area contributed by atoms with Crippen LogP contribution in [0.2, 0.25) is 0 Å². The number of hydrogen-bond acceptors (Lipinski definition) is 5. The van der Waals surface area contributed by atoms with Crippen molar-refractivity contribution in [1.82, 2.24) is 14.7 Å². The van der Waals surface area contributed by atoms with E-state index in [0.717, 1.165) is 37.2 Å². The first-order valence-electron chi connectivity index (χ1n) is 13.3. The predicted molar refractivity (Wildman–Crippen MR) is 148 cm³/mol. The number of benzene rings is 3. The minimum atomic E-state index is -0.466. The molecular weight excluding hydrogens is 476 g/mol. The highest BCUT2D eigenvalue weighted by molar-refractivity contribution is 5.95. The van der Waals surface area contributed by atoms with E-state index in [2.05, 4.69) is 58.7 Å². The van der Waals surface area contributed by atoms with E-state index in [-0.39, 0.29) is 11.8 Å². The summed E-state index contributed by atoms with van der Waals surface area (Å²) in [5.41, 5.74) is 4.65. The zero-order valence-corrected chi connectivity index (χ0v) is 21.8. The van der Waals surface area contributed by atoms with Crippen molar-refractivity contribution in [3.63, 3.8) is 0 Å². The van der Waals surface area contributed by atoms with E-state index >= 15 is 0 Å². The number of anilines is 1. The molecule has 7 nitrogen and oxygen atoms in total. The summed E-state index contributed by atoms with van der Waals surface area (Å²) >= 11 is 0. The van der Waals surface area contributed by atoms with E-state index in [1.807, 2.05) is 11.7 Å². The van der Waals surface area contributed by atoms with Crippen LogP contribution < -0.4 is 5.32 Å². The molecule has 7 rings (SSSR count). The second-order valence-electron chi connectivity index (χ2n) is 10.5. The van der Waals surface area contributed by atoms with E-state index in [9.17, 15) is 9.59 Å². The molecular formula is C31H32N4O3. The van der Waals surface area contributed by atoms with Crippen molar-refractivity contribution in [2.75, 3.05) is 25.0 Å². The van der Waals surface area contributed by atoms with Crippen molar-refractivity contribution >= 4 is 28.3 Å². The van der Waals surface area contributed by atoms with Gasteiger partial charge in [-0.25, -0.2) is 4.79 Å². The molecule has 4 atom stereocenters. The summed E-state index contributed by atoms with van der Waals surface area (Å²) in [5, 5.41) is 10.1. The maximum atomic E-state index is 12.4. The number of amides is 1. The number of hydrogen-bond donors (Lipinski definition) is 1. The maximum absolute atomic E-state index is 12.4. The lowest BCUT2D eigenvalue weighted by molar-refractivity contribution is -0.00222. The number of aryl methyl sites for hydroxylation is 1. The van der Waals surface area contributed by atoms with Gasteiger partial charge in [-0.2, -0.15) is 5.10 Å². The molecule has 0 radical (unpaired) electrons. The summed E-state index contributed by atoms with van der Waals surface area (Å²) in [6, 6.07) is 24.3. The second-order valence-corrected chi connectivity index (χ2v) is 10.5. The molecule has 3 aliphatic heterocycles. The molecule has 0 spiro atoms. The van der Waals surface area contributed by atoms with Gasteiger partial charge in [-0.05, 0) is 79.4 Å². The van der Waals surface area contributed by atoms with Crippen LogP contribution in [0.1, 0.15) is 41.7 Å². The number of nitrogens with zero attached hydrogens (tertiary/aromatic N) is 3. The minimum Gasteiger partial charge on any atom is -0.448 e. The Bertz CT molecular complexity index is 1490. The third kappa shape index (κ3) is 4.82. The zero-order chi connectivity index (χ0) is 26.2. The van der Waals surface area contributed by atoms with Gasteiger partial charge in [0.05, 0.1) is 5.69 Å². The topological polar surface area (TPSA) is 76.5 Å². The molecule has 3 aliphatic rings. The molecule has 3 aromatic carbocycles. The van der Waals surface area contributed by atoms with Crippen molar-refractivity contribution in [2.24, 2.45) is 13.0 Å². The van der Waals surface area contributed by atoms with Gasteiger partial charge in [0.25, 0.3) is 0 Å². The van der Waals surface area contributed by atoms with Gasteiger partial charge in [0.1, 0.15) is 6.61 Å². The fraction of sp³-hybridized carbons (Fsp3) is 0.323. The maximum Gasteiger partial charge on any atom is 0.411 e. The number of piperidine rings is 3. The Kier molecular flexibility index (Phi) is 6.45. The van der Waals surface area contributed by atoms with Crippen LogP contribution in [0.15, 0.2) is 72.8 Å². The van der Waals surface area contributed by atoms with Gasteiger partial charge >= 0.3 is 6.09 Å². The van der Waals surface area contributed by atoms with E-state index in [1.54, 1.807) is 24.3 Å². The molecule has 4 aromatic rings. The summed E-state index contributed by atoms with van der Waals surface area (Å²) in [7, 11) is 2.05. The van der Waals surface area contributed by atoms with Crippen LogP contribution in [-0.2, 0) is 11.8 Å². The monoisotopic (exact) mass is 508 g/mol. The number of ketones is 1. The number of ether oxygens (including phenoxy) is 1. The fourth-order valence-corrected chi connectivity index (χ4v) is 6.08. The molecule has 7 heteroatoms. The first-order chi connectivity index (χ1) is 18.4. The lowest BCUT2D eigenvalue weighted by atomic mass is 9.74. The van der Waals surface area contributed by atoms with Crippen LogP contribution >= 0.6 is 0 Å². The number of rotatable bonds is 6. The summed E-state index contributed by atoms with van der Waals surface area (Å²) < 4.78 is 7.65. The Balaban J connectivity index is 1.09. The van der Waals surface area contributed by atoms with Crippen molar-refractivity contribution < 1.29 is 14.3 Å². The number of fused-ring (bicyclic) bond motifs is 4. The smallest absolute Gasteiger partial charge is 0.411 e. The molecule has 4 heterocycles. The number of Topliss-reactive ketones (excluding diaryl/α,β-unsaturated/α-hetero) is 1. The Morgan fingerprint density at radius 1 is 1.03 bits per heavy atom. The highest BCUT2D eigenvalue weighted by Crippen LogP contribution is 2.42. The van der Waals surface area contributed by atoms with Crippen LogP contribution in [0.3, 0.4) is 0 Å². The predicted octanol–water partition coefficient (Wildman–Crippen LogP) is 5.87. The quantitative estimate of drug-likeness (QED) is 0.330. The molecule has 2 bridgehead atoms. The first-order valence-corrected chi connectivity index (χ1v) is 13.3. The van der Waals surface area contributed by atoms with Crippen molar-refractivity contribution in [1.29, 1.82) is 0 Å². The number of nitrogens with one attached hydrogen (secondary N) is 1. The van der Waals surface area contributed by atoms with Crippen molar-refractivity contribution in [3.05, 3.63) is 84.1 Å². The van der Waals surface area contributed by atoms with E-state index in [0.29, 0.717) is 29.7 Å². The minimum absolute atomic E-state index is 0.00475. The van der Waals surface area contributed by atoms with Gasteiger partial charge in [0.15, 0.2) is 5.78 Å². The molecule has 3 saturated heterocycles. The van der Waals surface area contributed by atoms with Gasteiger partial charge in [0.2, 0.25) is 0 Å². The number of aromatic nitrogens is 2. The van der Waals surface area contributed by atoms with Gasteiger partial charge < -0.3 is 4.74 Å². The molecule has 1 unspecified atom stereocenters. The van der Waals surface area contributed by atoms with Gasteiger partial charge in [-0.15, -0.1) is 0 Å². The van der Waals surface area contributed by atoms with Crippen LogP contribution in [0.5, 0.6) is 0 Å². The summed E-state index contributed by atoms with van der Waals surface area (Å²) in [5.74, 6) is 0.950. The van der Waals surface area contributed by atoms with Gasteiger partial charge in [-0.3, -0.25) is 19.7 Å². The average Bonchev–Trinajstić information content (AvgIpc) is 3.33. The van der Waals surface area contributed by atoms with Crippen LogP contribution in [0, 0.1) is 5.92 Å². The Morgan fingerprint density at radius 3 is 2.55 bits per heavy atom.